The van der Waals surface area contributed by atoms with Crippen LogP contribution in [-0.4, -0.2) is 41.6 Å². The van der Waals surface area contributed by atoms with E-state index in [4.69, 9.17) is 9.47 Å². The number of benzene rings is 1. The minimum atomic E-state index is -0.113. The molecule has 6 nitrogen and oxygen atoms in total. The molecule has 0 N–H and O–H groups in total. The minimum Gasteiger partial charge on any atom is -0.497 e. The topological polar surface area (TPSA) is 56.6 Å². The molecule has 2 rings (SSSR count). The van der Waals surface area contributed by atoms with Crippen molar-refractivity contribution in [1.29, 1.82) is 0 Å². The number of carbonyl (C=O) groups excluding carboxylic acids is 1. The van der Waals surface area contributed by atoms with Gasteiger partial charge in [-0.25, -0.2) is 4.98 Å². The molecule has 1 aromatic carbocycles. The second kappa shape index (κ2) is 7.49. The van der Waals surface area contributed by atoms with Crippen LogP contribution in [0.4, 0.5) is 0 Å². The molecule has 0 unspecified atom stereocenters. The van der Waals surface area contributed by atoms with Crippen molar-refractivity contribution < 1.29 is 14.3 Å². The van der Waals surface area contributed by atoms with Gasteiger partial charge >= 0.3 is 0 Å². The van der Waals surface area contributed by atoms with E-state index in [0.717, 1.165) is 11.4 Å². The summed E-state index contributed by atoms with van der Waals surface area (Å²) in [7, 11) is 6.83. The van der Waals surface area contributed by atoms with E-state index in [1.807, 2.05) is 29.9 Å². The lowest BCUT2D eigenvalue weighted by atomic mass is 10.1. The van der Waals surface area contributed by atoms with Gasteiger partial charge in [0.2, 0.25) is 5.91 Å². The van der Waals surface area contributed by atoms with Gasteiger partial charge in [0.05, 0.1) is 20.8 Å². The van der Waals surface area contributed by atoms with E-state index in [0.29, 0.717) is 18.0 Å². The van der Waals surface area contributed by atoms with E-state index in [1.165, 1.54) is 6.08 Å². The van der Waals surface area contributed by atoms with Crippen LogP contribution in [0.1, 0.15) is 11.4 Å². The van der Waals surface area contributed by atoms with Crippen molar-refractivity contribution in [2.45, 2.75) is 6.54 Å². The Hall–Kier alpha value is -2.76. The molecule has 0 atom stereocenters. The molecule has 0 aliphatic rings. The van der Waals surface area contributed by atoms with Gasteiger partial charge in [0, 0.05) is 38.1 Å². The summed E-state index contributed by atoms with van der Waals surface area (Å²) in [6.07, 6.45) is 6.80. The van der Waals surface area contributed by atoms with E-state index in [-0.39, 0.29) is 5.91 Å². The fourth-order valence-corrected chi connectivity index (χ4v) is 2.10. The molecule has 2 aromatic rings. The number of hydrogen-bond acceptors (Lipinski definition) is 4. The Morgan fingerprint density at radius 1 is 1.35 bits per heavy atom. The Balaban J connectivity index is 2.09. The molecule has 122 valence electrons. The fraction of sp³-hybridized carbons (Fsp3) is 0.294. The van der Waals surface area contributed by atoms with Crippen LogP contribution in [0, 0.1) is 0 Å². The number of hydrogen-bond donors (Lipinski definition) is 0. The molecule has 0 spiro atoms. The second-order valence-corrected chi connectivity index (χ2v) is 5.09. The Kier molecular flexibility index (Phi) is 5.41. The monoisotopic (exact) mass is 315 g/mol. The average Bonchev–Trinajstić information content (AvgIpc) is 2.97. The standard InChI is InChI=1S/C17H21N3O3/c1-19-10-9-18-16(19)12-20(2)17(21)8-5-13-11-14(22-3)6-7-15(13)23-4/h5-11H,12H2,1-4H3. The Labute approximate surface area is 136 Å². The maximum absolute atomic E-state index is 12.2. The summed E-state index contributed by atoms with van der Waals surface area (Å²) in [5.41, 5.74) is 0.783. The molecule has 0 fully saturated rings. The summed E-state index contributed by atoms with van der Waals surface area (Å²) < 4.78 is 12.4. The lowest BCUT2D eigenvalue weighted by Crippen LogP contribution is -2.25. The molecule has 0 saturated carbocycles. The Morgan fingerprint density at radius 2 is 2.13 bits per heavy atom. The van der Waals surface area contributed by atoms with Gasteiger partial charge in [-0.3, -0.25) is 4.79 Å². The van der Waals surface area contributed by atoms with Crippen molar-refractivity contribution in [3.8, 4) is 11.5 Å². The average molecular weight is 315 g/mol. The van der Waals surface area contributed by atoms with Crippen LogP contribution >= 0.6 is 0 Å². The molecule has 1 aromatic heterocycles. The number of aryl methyl sites for hydroxylation is 1. The van der Waals surface area contributed by atoms with Gasteiger partial charge in [0.1, 0.15) is 17.3 Å². The summed E-state index contributed by atoms with van der Waals surface area (Å²) in [5, 5.41) is 0. The van der Waals surface area contributed by atoms with Gasteiger partial charge < -0.3 is 18.9 Å². The highest BCUT2D eigenvalue weighted by Gasteiger charge is 2.09. The molecule has 0 radical (unpaired) electrons. The van der Waals surface area contributed by atoms with Crippen LogP contribution in [0.25, 0.3) is 6.08 Å². The number of amides is 1. The molecule has 0 bridgehead atoms. The van der Waals surface area contributed by atoms with Crippen LogP contribution < -0.4 is 9.47 Å². The van der Waals surface area contributed by atoms with Crippen LogP contribution in [0.15, 0.2) is 36.7 Å². The molecular formula is C17H21N3O3. The minimum absolute atomic E-state index is 0.113. The number of imidazole rings is 1. The van der Waals surface area contributed by atoms with E-state index < -0.39 is 0 Å². The largest absolute Gasteiger partial charge is 0.497 e. The third-order valence-corrected chi connectivity index (χ3v) is 3.52. The van der Waals surface area contributed by atoms with E-state index >= 15 is 0 Å². The zero-order chi connectivity index (χ0) is 16.8. The molecule has 0 saturated heterocycles. The van der Waals surface area contributed by atoms with Gasteiger partial charge in [-0.1, -0.05) is 0 Å². The van der Waals surface area contributed by atoms with E-state index in [9.17, 15) is 4.79 Å². The molecular weight excluding hydrogens is 294 g/mol. The molecule has 6 heteroatoms. The number of nitrogens with zero attached hydrogens (tertiary/aromatic N) is 3. The third kappa shape index (κ3) is 4.12. The Bertz CT molecular complexity index is 707. The van der Waals surface area contributed by atoms with Gasteiger partial charge in [-0.2, -0.15) is 0 Å². The number of carbonyl (C=O) groups is 1. The summed E-state index contributed by atoms with van der Waals surface area (Å²) in [6.45, 7) is 0.446. The van der Waals surface area contributed by atoms with Crippen molar-refractivity contribution in [3.05, 3.63) is 48.1 Å². The van der Waals surface area contributed by atoms with Gasteiger partial charge in [-0.15, -0.1) is 0 Å². The van der Waals surface area contributed by atoms with Crippen molar-refractivity contribution >= 4 is 12.0 Å². The zero-order valence-electron chi connectivity index (χ0n) is 13.8. The maximum Gasteiger partial charge on any atom is 0.246 e. The summed E-state index contributed by atoms with van der Waals surface area (Å²) in [5.74, 6) is 2.10. The maximum atomic E-state index is 12.2. The van der Waals surface area contributed by atoms with E-state index in [2.05, 4.69) is 4.98 Å². The number of aromatic nitrogens is 2. The quantitative estimate of drug-likeness (QED) is 0.766. The first-order valence-electron chi connectivity index (χ1n) is 7.16. The van der Waals surface area contributed by atoms with Crippen molar-refractivity contribution in [3.63, 3.8) is 0 Å². The molecule has 1 heterocycles. The van der Waals surface area contributed by atoms with E-state index in [1.54, 1.807) is 44.5 Å². The van der Waals surface area contributed by atoms with Gasteiger partial charge in [-0.05, 0) is 24.3 Å². The first kappa shape index (κ1) is 16.6. The SMILES string of the molecule is COc1ccc(OC)c(C=CC(=O)N(C)Cc2nccn2C)c1. The van der Waals surface area contributed by atoms with Crippen molar-refractivity contribution in [2.24, 2.45) is 7.05 Å². The predicted octanol–water partition coefficient (Wildman–Crippen LogP) is 2.11. The van der Waals surface area contributed by atoms with Crippen molar-refractivity contribution in [2.75, 3.05) is 21.3 Å². The molecule has 1 amide bonds. The predicted molar refractivity (Wildman–Crippen MR) is 88.3 cm³/mol. The molecule has 0 aliphatic carbocycles. The highest BCUT2D eigenvalue weighted by atomic mass is 16.5. The number of methoxy groups -OCH3 is 2. The first-order chi connectivity index (χ1) is 11.0. The lowest BCUT2D eigenvalue weighted by molar-refractivity contribution is -0.125. The van der Waals surface area contributed by atoms with Crippen LogP contribution in [0.3, 0.4) is 0 Å². The summed E-state index contributed by atoms with van der Waals surface area (Å²) in [6, 6.07) is 5.44. The fourth-order valence-electron chi connectivity index (χ4n) is 2.10. The summed E-state index contributed by atoms with van der Waals surface area (Å²) in [4.78, 5) is 18.1. The molecule has 23 heavy (non-hydrogen) atoms. The normalized spacial score (nSPS) is 10.8. The summed E-state index contributed by atoms with van der Waals surface area (Å²) >= 11 is 0. The number of likely N-dealkylation sites (N-methyl/N-ethyl adjacent to an activating group) is 1. The van der Waals surface area contributed by atoms with Crippen LogP contribution in [0.5, 0.6) is 11.5 Å². The Morgan fingerprint density at radius 3 is 2.74 bits per heavy atom. The highest BCUT2D eigenvalue weighted by Crippen LogP contribution is 2.25. The van der Waals surface area contributed by atoms with Crippen LogP contribution in [-0.2, 0) is 18.4 Å². The van der Waals surface area contributed by atoms with Crippen LogP contribution in [0.2, 0.25) is 0 Å². The first-order valence-corrected chi connectivity index (χ1v) is 7.16. The zero-order valence-corrected chi connectivity index (χ0v) is 13.8. The second-order valence-electron chi connectivity index (χ2n) is 5.09. The number of rotatable bonds is 6. The highest BCUT2D eigenvalue weighted by molar-refractivity contribution is 5.92. The third-order valence-electron chi connectivity index (χ3n) is 3.52. The van der Waals surface area contributed by atoms with Crippen molar-refractivity contribution in [1.82, 2.24) is 14.5 Å². The smallest absolute Gasteiger partial charge is 0.246 e. The van der Waals surface area contributed by atoms with Gasteiger partial charge in [0.25, 0.3) is 0 Å². The molecule has 0 aliphatic heterocycles. The lowest BCUT2D eigenvalue weighted by Gasteiger charge is -2.14. The number of ether oxygens (including phenoxy) is 2. The van der Waals surface area contributed by atoms with Gasteiger partial charge in [0.15, 0.2) is 0 Å².